The highest BCUT2D eigenvalue weighted by molar-refractivity contribution is 5.88. The largest absolute Gasteiger partial charge is 0.465 e. The van der Waals surface area contributed by atoms with Crippen molar-refractivity contribution in [1.82, 2.24) is 9.88 Å². The molecule has 1 aliphatic rings. The Morgan fingerprint density at radius 3 is 2.90 bits per heavy atom. The summed E-state index contributed by atoms with van der Waals surface area (Å²) in [7, 11) is 1.35. The van der Waals surface area contributed by atoms with E-state index >= 15 is 0 Å². The smallest absolute Gasteiger partial charge is 0.339 e. The third-order valence-corrected chi connectivity index (χ3v) is 3.73. The van der Waals surface area contributed by atoms with Gasteiger partial charge in [-0.05, 0) is 18.6 Å². The fourth-order valence-electron chi connectivity index (χ4n) is 2.46. The maximum absolute atomic E-state index is 11.7. The van der Waals surface area contributed by atoms with Crippen molar-refractivity contribution in [2.24, 2.45) is 5.92 Å². The molecule has 1 fully saturated rings. The summed E-state index contributed by atoms with van der Waals surface area (Å²) in [5.41, 5.74) is 1.36. The van der Waals surface area contributed by atoms with Gasteiger partial charge in [0.25, 0.3) is 0 Å². The fraction of sp³-hybridized carbons (Fsp3) is 0.533. The van der Waals surface area contributed by atoms with Crippen molar-refractivity contribution < 1.29 is 14.3 Å². The summed E-state index contributed by atoms with van der Waals surface area (Å²) >= 11 is 0. The van der Waals surface area contributed by atoms with Gasteiger partial charge in [-0.3, -0.25) is 14.7 Å². The molecular weight excluding hydrogens is 256 g/mol. The molecule has 5 nitrogen and oxygen atoms in total. The third-order valence-electron chi connectivity index (χ3n) is 3.73. The zero-order valence-corrected chi connectivity index (χ0v) is 12.0. The molecule has 1 aromatic heterocycles. The van der Waals surface area contributed by atoms with Crippen molar-refractivity contribution in [2.45, 2.75) is 26.3 Å². The lowest BCUT2D eigenvalue weighted by atomic mass is 9.94. The molecule has 0 bridgehead atoms. The summed E-state index contributed by atoms with van der Waals surface area (Å²) in [6.45, 7) is 4.35. The summed E-state index contributed by atoms with van der Waals surface area (Å²) in [5, 5.41) is 0. The first-order chi connectivity index (χ1) is 9.63. The van der Waals surface area contributed by atoms with E-state index in [-0.39, 0.29) is 11.9 Å². The van der Waals surface area contributed by atoms with Crippen LogP contribution in [0.5, 0.6) is 0 Å². The average molecular weight is 276 g/mol. The van der Waals surface area contributed by atoms with E-state index in [0.29, 0.717) is 24.3 Å². The van der Waals surface area contributed by atoms with Crippen LogP contribution in [0, 0.1) is 5.92 Å². The highest BCUT2D eigenvalue weighted by Gasteiger charge is 2.25. The van der Waals surface area contributed by atoms with Crippen molar-refractivity contribution in [1.29, 1.82) is 0 Å². The van der Waals surface area contributed by atoms with E-state index in [1.807, 2.05) is 6.07 Å². The summed E-state index contributed by atoms with van der Waals surface area (Å²) < 4.78 is 4.64. The molecule has 5 heteroatoms. The Morgan fingerprint density at radius 2 is 2.30 bits per heavy atom. The molecule has 1 saturated heterocycles. The number of hydrogen-bond acceptors (Lipinski definition) is 5. The molecule has 0 saturated carbocycles. The minimum atomic E-state index is -0.376. The summed E-state index contributed by atoms with van der Waals surface area (Å²) in [4.78, 5) is 29.5. The van der Waals surface area contributed by atoms with Crippen molar-refractivity contribution in [3.63, 3.8) is 0 Å². The van der Waals surface area contributed by atoms with Crippen LogP contribution in [0.4, 0.5) is 0 Å². The van der Waals surface area contributed by atoms with E-state index in [9.17, 15) is 9.59 Å². The maximum atomic E-state index is 11.7. The quantitative estimate of drug-likeness (QED) is 0.783. The summed E-state index contributed by atoms with van der Waals surface area (Å²) in [6, 6.07) is 3.56. The molecule has 1 unspecified atom stereocenters. The van der Waals surface area contributed by atoms with Gasteiger partial charge in [-0.25, -0.2) is 4.79 Å². The Labute approximate surface area is 118 Å². The van der Waals surface area contributed by atoms with Crippen LogP contribution in [0.3, 0.4) is 0 Å². The number of aromatic nitrogens is 1. The first-order valence-corrected chi connectivity index (χ1v) is 6.92. The number of ether oxygens (including phenoxy) is 1. The van der Waals surface area contributed by atoms with Gasteiger partial charge in [0.15, 0.2) is 0 Å². The van der Waals surface area contributed by atoms with E-state index < -0.39 is 0 Å². The van der Waals surface area contributed by atoms with E-state index in [0.717, 1.165) is 25.2 Å². The Hall–Kier alpha value is -1.75. The topological polar surface area (TPSA) is 59.5 Å². The Bertz CT molecular complexity index is 484. The van der Waals surface area contributed by atoms with Gasteiger partial charge < -0.3 is 4.74 Å². The molecule has 0 amide bonds. The van der Waals surface area contributed by atoms with Crippen LogP contribution in [0.15, 0.2) is 18.3 Å². The Kier molecular flexibility index (Phi) is 4.84. The van der Waals surface area contributed by atoms with Gasteiger partial charge in [-0.2, -0.15) is 0 Å². The number of hydrogen-bond donors (Lipinski definition) is 0. The van der Waals surface area contributed by atoms with E-state index in [4.69, 9.17) is 0 Å². The number of rotatable bonds is 4. The predicted octanol–water partition coefficient (Wildman–Crippen LogP) is 1.67. The summed E-state index contributed by atoms with van der Waals surface area (Å²) in [6.07, 6.45) is 3.05. The molecule has 1 aliphatic heterocycles. The number of Topliss-reactive ketones (excluding diaryl/α,β-unsaturated/α-hetero) is 1. The van der Waals surface area contributed by atoms with Crippen molar-refractivity contribution >= 4 is 11.8 Å². The zero-order chi connectivity index (χ0) is 14.5. The maximum Gasteiger partial charge on any atom is 0.339 e. The molecule has 1 atom stereocenters. The molecule has 1 aromatic rings. The van der Waals surface area contributed by atoms with Crippen LogP contribution < -0.4 is 0 Å². The second-order valence-corrected chi connectivity index (χ2v) is 5.09. The van der Waals surface area contributed by atoms with Gasteiger partial charge in [0.05, 0.1) is 18.4 Å². The minimum absolute atomic E-state index is 0.151. The van der Waals surface area contributed by atoms with E-state index in [2.05, 4.69) is 21.5 Å². The number of likely N-dealkylation sites (tertiary alicyclic amines) is 1. The molecule has 0 spiro atoms. The molecule has 0 N–H and O–H groups in total. The molecule has 108 valence electrons. The van der Waals surface area contributed by atoms with E-state index in [1.165, 1.54) is 13.3 Å². The van der Waals surface area contributed by atoms with Gasteiger partial charge in [-0.1, -0.05) is 6.92 Å². The molecule has 2 heterocycles. The highest BCUT2D eigenvalue weighted by atomic mass is 16.5. The number of pyridine rings is 1. The number of piperidine rings is 1. The molecule has 2 rings (SSSR count). The first kappa shape index (κ1) is 14.7. The molecule has 0 aromatic carbocycles. The van der Waals surface area contributed by atoms with Gasteiger partial charge in [0.2, 0.25) is 0 Å². The molecule has 20 heavy (non-hydrogen) atoms. The fourth-order valence-corrected chi connectivity index (χ4v) is 2.46. The first-order valence-electron chi connectivity index (χ1n) is 6.92. The van der Waals surface area contributed by atoms with Crippen molar-refractivity contribution in [2.75, 3.05) is 20.2 Å². The zero-order valence-electron chi connectivity index (χ0n) is 12.0. The van der Waals surface area contributed by atoms with Crippen molar-refractivity contribution in [3.05, 3.63) is 29.6 Å². The van der Waals surface area contributed by atoms with Crippen molar-refractivity contribution in [3.8, 4) is 0 Å². The number of methoxy groups -OCH3 is 1. The van der Waals surface area contributed by atoms with Crippen LogP contribution >= 0.6 is 0 Å². The monoisotopic (exact) mass is 276 g/mol. The van der Waals surface area contributed by atoms with Gasteiger partial charge in [0.1, 0.15) is 5.78 Å². The SMILES string of the molecule is CCC1CN(Cc2ccc(C(=O)OC)cn2)CCC1=O. The van der Waals surface area contributed by atoms with Crippen LogP contribution in [-0.2, 0) is 16.1 Å². The van der Waals surface area contributed by atoms with Gasteiger partial charge in [0, 0.05) is 38.2 Å². The van der Waals surface area contributed by atoms with E-state index in [1.54, 1.807) is 6.07 Å². The molecule has 0 aliphatic carbocycles. The molecular formula is C15H20N2O3. The number of esters is 1. The third kappa shape index (κ3) is 3.42. The standard InChI is InChI=1S/C15H20N2O3/c1-3-11-9-17(7-6-14(11)18)10-13-5-4-12(8-16-13)15(19)20-2/h4-5,8,11H,3,6-7,9-10H2,1-2H3. The Morgan fingerprint density at radius 1 is 1.50 bits per heavy atom. The minimum Gasteiger partial charge on any atom is -0.465 e. The number of carbonyl (C=O) groups is 2. The lowest BCUT2D eigenvalue weighted by Crippen LogP contribution is -2.40. The second kappa shape index (κ2) is 6.61. The Balaban J connectivity index is 1.96. The van der Waals surface area contributed by atoms with Gasteiger partial charge in [-0.15, -0.1) is 0 Å². The lowest BCUT2D eigenvalue weighted by molar-refractivity contribution is -0.126. The number of ketones is 1. The predicted molar refractivity (Wildman–Crippen MR) is 74.3 cm³/mol. The van der Waals surface area contributed by atoms with Crippen LogP contribution in [0.1, 0.15) is 35.8 Å². The number of carbonyl (C=O) groups excluding carboxylic acids is 2. The second-order valence-electron chi connectivity index (χ2n) is 5.09. The van der Waals surface area contributed by atoms with Crippen LogP contribution in [-0.4, -0.2) is 41.8 Å². The highest BCUT2D eigenvalue weighted by Crippen LogP contribution is 2.17. The normalized spacial score (nSPS) is 19.9. The number of nitrogens with zero attached hydrogens (tertiary/aromatic N) is 2. The average Bonchev–Trinajstić information content (AvgIpc) is 2.49. The lowest BCUT2D eigenvalue weighted by Gasteiger charge is -2.30. The summed E-state index contributed by atoms with van der Waals surface area (Å²) in [5.74, 6) is 0.148. The van der Waals surface area contributed by atoms with Crippen LogP contribution in [0.25, 0.3) is 0 Å². The molecule has 0 radical (unpaired) electrons. The van der Waals surface area contributed by atoms with Gasteiger partial charge >= 0.3 is 5.97 Å². The van der Waals surface area contributed by atoms with Crippen LogP contribution in [0.2, 0.25) is 0 Å².